The van der Waals surface area contributed by atoms with Crippen molar-refractivity contribution in [2.45, 2.75) is 26.2 Å². The van der Waals surface area contributed by atoms with Gasteiger partial charge >= 0.3 is 0 Å². The zero-order valence-electron chi connectivity index (χ0n) is 14.4. The van der Waals surface area contributed by atoms with Crippen molar-refractivity contribution >= 4 is 28.0 Å². The van der Waals surface area contributed by atoms with Crippen LogP contribution < -0.4 is 0 Å². The van der Waals surface area contributed by atoms with E-state index in [1.165, 1.54) is 33.1 Å². The molecule has 2 aromatic carbocycles. The van der Waals surface area contributed by atoms with Gasteiger partial charge in [-0.2, -0.15) is 0 Å². The standard InChI is InChI=1S/C22H21ClN2/c1-16-15-24-21(12-11-17-7-3-2-4-8-17)25-20-10-6-5-9-18(20)19(13-14-23)22(16)25/h2-10,15H,11-14H2,1H3. The number of nitrogens with zero attached hydrogens (tertiary/aromatic N) is 2. The first-order chi connectivity index (χ1) is 12.3. The lowest BCUT2D eigenvalue weighted by molar-refractivity contribution is 0.838. The van der Waals surface area contributed by atoms with Crippen molar-refractivity contribution in [2.75, 3.05) is 5.88 Å². The van der Waals surface area contributed by atoms with Gasteiger partial charge in [0.15, 0.2) is 0 Å². The lowest BCUT2D eigenvalue weighted by Gasteiger charge is -2.09. The van der Waals surface area contributed by atoms with Gasteiger partial charge in [-0.1, -0.05) is 48.5 Å². The molecule has 0 bridgehead atoms. The van der Waals surface area contributed by atoms with E-state index >= 15 is 0 Å². The predicted molar refractivity (Wildman–Crippen MR) is 106 cm³/mol. The van der Waals surface area contributed by atoms with Crippen LogP contribution in [0, 0.1) is 6.92 Å². The molecule has 0 radical (unpaired) electrons. The van der Waals surface area contributed by atoms with Crippen LogP contribution in [0.2, 0.25) is 0 Å². The minimum Gasteiger partial charge on any atom is -0.297 e. The topological polar surface area (TPSA) is 17.3 Å². The Hall–Kier alpha value is -2.32. The lowest BCUT2D eigenvalue weighted by atomic mass is 10.1. The van der Waals surface area contributed by atoms with Crippen LogP contribution in [0.5, 0.6) is 0 Å². The van der Waals surface area contributed by atoms with Crippen molar-refractivity contribution in [1.82, 2.24) is 9.38 Å². The van der Waals surface area contributed by atoms with Crippen molar-refractivity contribution in [3.63, 3.8) is 0 Å². The fraction of sp³-hybridized carbons (Fsp3) is 0.227. The molecule has 4 rings (SSSR count). The minimum absolute atomic E-state index is 0.630. The third-order valence-electron chi connectivity index (χ3n) is 4.84. The molecule has 126 valence electrons. The Balaban J connectivity index is 1.88. The second-order valence-corrected chi connectivity index (χ2v) is 6.84. The van der Waals surface area contributed by atoms with E-state index in [0.717, 1.165) is 25.1 Å². The molecule has 0 aliphatic carbocycles. The molecule has 2 nitrogen and oxygen atoms in total. The molecule has 0 N–H and O–H groups in total. The summed E-state index contributed by atoms with van der Waals surface area (Å²) in [7, 11) is 0. The molecule has 2 heterocycles. The van der Waals surface area contributed by atoms with Crippen molar-refractivity contribution < 1.29 is 0 Å². The summed E-state index contributed by atoms with van der Waals surface area (Å²) in [5.74, 6) is 1.74. The van der Waals surface area contributed by atoms with Crippen LogP contribution in [0.1, 0.15) is 22.5 Å². The van der Waals surface area contributed by atoms with Crippen molar-refractivity contribution in [1.29, 1.82) is 0 Å². The van der Waals surface area contributed by atoms with Crippen LogP contribution >= 0.6 is 11.6 Å². The summed E-state index contributed by atoms with van der Waals surface area (Å²) in [5.41, 5.74) is 6.40. The average molecular weight is 349 g/mol. The highest BCUT2D eigenvalue weighted by atomic mass is 35.5. The molecule has 0 saturated heterocycles. The molecule has 0 atom stereocenters. The third-order valence-corrected chi connectivity index (χ3v) is 5.03. The number of hydrogen-bond donors (Lipinski definition) is 0. The molecule has 0 aliphatic rings. The molecule has 0 spiro atoms. The maximum absolute atomic E-state index is 6.10. The van der Waals surface area contributed by atoms with Gasteiger partial charge in [0.05, 0.1) is 11.0 Å². The number of hydrogen-bond acceptors (Lipinski definition) is 1. The Morgan fingerprint density at radius 1 is 0.920 bits per heavy atom. The van der Waals surface area contributed by atoms with E-state index in [1.807, 2.05) is 6.20 Å². The normalized spacial score (nSPS) is 11.4. The highest BCUT2D eigenvalue weighted by Gasteiger charge is 2.16. The van der Waals surface area contributed by atoms with Crippen molar-refractivity contribution in [2.24, 2.45) is 0 Å². The number of halogens is 1. The zero-order valence-corrected chi connectivity index (χ0v) is 15.1. The maximum Gasteiger partial charge on any atom is 0.113 e. The van der Waals surface area contributed by atoms with Crippen LogP contribution in [-0.2, 0) is 19.3 Å². The second kappa shape index (κ2) is 6.89. The van der Waals surface area contributed by atoms with E-state index < -0.39 is 0 Å². The largest absolute Gasteiger partial charge is 0.297 e. The molecule has 0 amide bonds. The molecular formula is C22H21ClN2. The maximum atomic E-state index is 6.10. The number of aryl methyl sites for hydroxylation is 4. The third kappa shape index (κ3) is 2.91. The fourth-order valence-corrected chi connectivity index (χ4v) is 3.89. The van der Waals surface area contributed by atoms with Gasteiger partial charge in [0.2, 0.25) is 0 Å². The van der Waals surface area contributed by atoms with Crippen LogP contribution in [0.25, 0.3) is 16.4 Å². The summed E-state index contributed by atoms with van der Waals surface area (Å²) in [6.45, 7) is 2.14. The van der Waals surface area contributed by atoms with Gasteiger partial charge in [0.1, 0.15) is 5.82 Å². The number of benzene rings is 2. The first-order valence-electron chi connectivity index (χ1n) is 8.76. The van der Waals surface area contributed by atoms with E-state index in [-0.39, 0.29) is 0 Å². The van der Waals surface area contributed by atoms with Crippen LogP contribution in [0.3, 0.4) is 0 Å². The molecule has 0 aliphatic heterocycles. The lowest BCUT2D eigenvalue weighted by Crippen LogP contribution is -2.04. The smallest absolute Gasteiger partial charge is 0.113 e. The molecule has 3 heteroatoms. The molecule has 0 unspecified atom stereocenters. The summed E-state index contributed by atoms with van der Waals surface area (Å²) < 4.78 is 2.34. The molecular weight excluding hydrogens is 328 g/mol. The second-order valence-electron chi connectivity index (χ2n) is 6.46. The Morgan fingerprint density at radius 2 is 1.68 bits per heavy atom. The summed E-state index contributed by atoms with van der Waals surface area (Å²) in [6.07, 6.45) is 4.79. The predicted octanol–water partition coefficient (Wildman–Crippen LogP) is 5.36. The van der Waals surface area contributed by atoms with Crippen molar-refractivity contribution in [3.05, 3.63) is 83.3 Å². The molecule has 0 fully saturated rings. The van der Waals surface area contributed by atoms with E-state index in [9.17, 15) is 0 Å². The van der Waals surface area contributed by atoms with Crippen LogP contribution in [0.4, 0.5) is 0 Å². The summed E-state index contributed by atoms with van der Waals surface area (Å²) >= 11 is 6.10. The Labute approximate surface area is 153 Å². The highest BCUT2D eigenvalue weighted by molar-refractivity contribution is 6.18. The van der Waals surface area contributed by atoms with E-state index in [4.69, 9.17) is 16.6 Å². The Bertz CT molecular complexity index is 1020. The van der Waals surface area contributed by atoms with Gasteiger partial charge in [0.25, 0.3) is 0 Å². The summed E-state index contributed by atoms with van der Waals surface area (Å²) in [5, 5.41) is 1.29. The SMILES string of the molecule is Cc1cnc(CCc2ccccc2)n2c1c(CCCl)c1ccccc12. The van der Waals surface area contributed by atoms with E-state index in [1.54, 1.807) is 0 Å². The minimum atomic E-state index is 0.630. The van der Waals surface area contributed by atoms with Crippen LogP contribution in [0.15, 0.2) is 60.8 Å². The molecule has 2 aromatic heterocycles. The van der Waals surface area contributed by atoms with Gasteiger partial charge in [-0.25, -0.2) is 4.98 Å². The van der Waals surface area contributed by atoms with Gasteiger partial charge in [-0.3, -0.25) is 4.40 Å². The number of fused-ring (bicyclic) bond motifs is 3. The van der Waals surface area contributed by atoms with Gasteiger partial charge in [-0.15, -0.1) is 11.6 Å². The fourth-order valence-electron chi connectivity index (χ4n) is 3.70. The monoisotopic (exact) mass is 348 g/mol. The van der Waals surface area contributed by atoms with Gasteiger partial charge in [0, 0.05) is 23.9 Å². The first kappa shape index (κ1) is 16.2. The Kier molecular flexibility index (Phi) is 4.46. The quantitative estimate of drug-likeness (QED) is 0.444. The number of alkyl halides is 1. The van der Waals surface area contributed by atoms with Crippen LogP contribution in [-0.4, -0.2) is 15.3 Å². The van der Waals surface area contributed by atoms with E-state index in [2.05, 4.69) is 65.9 Å². The molecule has 4 aromatic rings. The zero-order chi connectivity index (χ0) is 17.2. The summed E-state index contributed by atoms with van der Waals surface area (Å²) in [6, 6.07) is 19.2. The number of aromatic nitrogens is 2. The van der Waals surface area contributed by atoms with Gasteiger partial charge < -0.3 is 0 Å². The van der Waals surface area contributed by atoms with Crippen molar-refractivity contribution in [3.8, 4) is 0 Å². The molecule has 0 saturated carbocycles. The Morgan fingerprint density at radius 3 is 2.48 bits per heavy atom. The highest BCUT2D eigenvalue weighted by Crippen LogP contribution is 2.30. The first-order valence-corrected chi connectivity index (χ1v) is 9.29. The summed E-state index contributed by atoms with van der Waals surface area (Å²) in [4.78, 5) is 4.78. The number of para-hydroxylation sites is 1. The average Bonchev–Trinajstić information content (AvgIpc) is 2.98. The number of rotatable bonds is 5. The molecule has 25 heavy (non-hydrogen) atoms. The van der Waals surface area contributed by atoms with E-state index in [0.29, 0.717) is 5.88 Å². The van der Waals surface area contributed by atoms with Gasteiger partial charge in [-0.05, 0) is 42.5 Å².